The maximum Gasteiger partial charge on any atom is 0.235 e. The van der Waals surface area contributed by atoms with Gasteiger partial charge in [0.2, 0.25) is 5.91 Å². The summed E-state index contributed by atoms with van der Waals surface area (Å²) in [5.41, 5.74) is 5.66. The van der Waals surface area contributed by atoms with Crippen molar-refractivity contribution in [3.63, 3.8) is 0 Å². The van der Waals surface area contributed by atoms with Gasteiger partial charge in [0.15, 0.2) is 11.5 Å². The van der Waals surface area contributed by atoms with Gasteiger partial charge in [0.1, 0.15) is 5.92 Å². The second kappa shape index (κ2) is 8.12. The highest BCUT2D eigenvalue weighted by atomic mass is 16.5. The Morgan fingerprint density at radius 2 is 1.78 bits per heavy atom. The molecule has 2 aromatic rings. The summed E-state index contributed by atoms with van der Waals surface area (Å²) in [4.78, 5) is 13.1. The quantitative estimate of drug-likeness (QED) is 0.818. The van der Waals surface area contributed by atoms with Crippen LogP contribution in [0.3, 0.4) is 0 Å². The van der Waals surface area contributed by atoms with Gasteiger partial charge < -0.3 is 20.2 Å². The van der Waals surface area contributed by atoms with E-state index in [9.17, 15) is 4.79 Å². The molecule has 27 heavy (non-hydrogen) atoms. The number of anilines is 1. The molecule has 1 amide bonds. The molecule has 6 heteroatoms. The summed E-state index contributed by atoms with van der Waals surface area (Å²) in [5.74, 6) is 0.919. The summed E-state index contributed by atoms with van der Waals surface area (Å²) >= 11 is 0. The maximum absolute atomic E-state index is 13.1. The lowest BCUT2D eigenvalue weighted by molar-refractivity contribution is -0.118. The molecule has 0 fully saturated rings. The molecule has 0 bridgehead atoms. The van der Waals surface area contributed by atoms with E-state index in [2.05, 4.69) is 15.8 Å². The van der Waals surface area contributed by atoms with Crippen molar-refractivity contribution in [2.24, 2.45) is 16.9 Å². The lowest BCUT2D eigenvalue weighted by atomic mass is 9.85. The van der Waals surface area contributed by atoms with Gasteiger partial charge in [-0.25, -0.2) is 0 Å². The zero-order valence-corrected chi connectivity index (χ0v) is 16.0. The Balaban J connectivity index is 1.91. The zero-order valence-electron chi connectivity index (χ0n) is 16.0. The number of carbonyl (C=O) groups is 1. The minimum Gasteiger partial charge on any atom is -0.493 e. The normalized spacial score (nSPS) is 18.6. The molecule has 1 heterocycles. The zero-order chi connectivity index (χ0) is 19.4. The molecule has 2 N–H and O–H groups in total. The second-order valence-electron chi connectivity index (χ2n) is 6.75. The van der Waals surface area contributed by atoms with Crippen LogP contribution >= 0.6 is 0 Å². The fourth-order valence-corrected chi connectivity index (χ4v) is 3.29. The van der Waals surface area contributed by atoms with Gasteiger partial charge in [0, 0.05) is 5.69 Å². The number of amides is 1. The van der Waals surface area contributed by atoms with Crippen molar-refractivity contribution in [1.82, 2.24) is 5.43 Å². The third-order valence-electron chi connectivity index (χ3n) is 4.67. The lowest BCUT2D eigenvalue weighted by Gasteiger charge is -2.22. The van der Waals surface area contributed by atoms with Crippen molar-refractivity contribution in [2.75, 3.05) is 19.5 Å². The first-order chi connectivity index (χ1) is 13.0. The SMILES string of the molecule is COc1ccc(C2NN=C(C(C)C)C2C(=O)Nc2ccccc2)cc1OC. The smallest absolute Gasteiger partial charge is 0.235 e. The minimum absolute atomic E-state index is 0.0848. The van der Waals surface area contributed by atoms with Crippen LogP contribution in [0.1, 0.15) is 25.5 Å². The molecule has 2 atom stereocenters. The van der Waals surface area contributed by atoms with E-state index in [-0.39, 0.29) is 17.9 Å². The van der Waals surface area contributed by atoms with E-state index in [4.69, 9.17) is 9.47 Å². The molecule has 0 aromatic heterocycles. The first-order valence-corrected chi connectivity index (χ1v) is 8.96. The van der Waals surface area contributed by atoms with Crippen LogP contribution in [0, 0.1) is 11.8 Å². The van der Waals surface area contributed by atoms with E-state index in [0.29, 0.717) is 11.5 Å². The molecule has 1 aliphatic rings. The van der Waals surface area contributed by atoms with Crippen LogP contribution in [0.15, 0.2) is 53.6 Å². The van der Waals surface area contributed by atoms with E-state index in [1.165, 1.54) is 0 Å². The molecule has 2 aromatic carbocycles. The highest BCUT2D eigenvalue weighted by molar-refractivity contribution is 6.11. The summed E-state index contributed by atoms with van der Waals surface area (Å²) < 4.78 is 10.7. The van der Waals surface area contributed by atoms with Crippen LogP contribution in [-0.4, -0.2) is 25.8 Å². The van der Waals surface area contributed by atoms with Crippen LogP contribution in [0.2, 0.25) is 0 Å². The number of hydrogen-bond acceptors (Lipinski definition) is 5. The van der Waals surface area contributed by atoms with Crippen molar-refractivity contribution in [1.29, 1.82) is 0 Å². The Labute approximate surface area is 159 Å². The molecule has 3 rings (SSSR count). The van der Waals surface area contributed by atoms with Gasteiger partial charge in [0.05, 0.1) is 26.0 Å². The van der Waals surface area contributed by atoms with Crippen molar-refractivity contribution in [3.05, 3.63) is 54.1 Å². The predicted octanol–water partition coefficient (Wildman–Crippen LogP) is 3.62. The number of para-hydroxylation sites is 1. The molecule has 6 nitrogen and oxygen atoms in total. The Morgan fingerprint density at radius 1 is 1.07 bits per heavy atom. The molecule has 2 unspecified atom stereocenters. The highest BCUT2D eigenvalue weighted by Crippen LogP contribution is 2.36. The first-order valence-electron chi connectivity index (χ1n) is 8.96. The monoisotopic (exact) mass is 367 g/mol. The van der Waals surface area contributed by atoms with E-state index >= 15 is 0 Å². The lowest BCUT2D eigenvalue weighted by Crippen LogP contribution is -2.35. The van der Waals surface area contributed by atoms with Crippen LogP contribution in [0.4, 0.5) is 5.69 Å². The fraction of sp³-hybridized carbons (Fsp3) is 0.333. The molecule has 1 aliphatic heterocycles. The van der Waals surface area contributed by atoms with E-state index in [1.54, 1.807) is 14.2 Å². The molecule has 0 saturated carbocycles. The average Bonchev–Trinajstić information content (AvgIpc) is 3.13. The Hall–Kier alpha value is -3.02. The van der Waals surface area contributed by atoms with Crippen LogP contribution in [0.25, 0.3) is 0 Å². The maximum atomic E-state index is 13.1. The summed E-state index contributed by atoms with van der Waals surface area (Å²) in [7, 11) is 3.20. The Morgan fingerprint density at radius 3 is 2.41 bits per heavy atom. The van der Waals surface area contributed by atoms with Crippen LogP contribution < -0.4 is 20.2 Å². The minimum atomic E-state index is -0.414. The summed E-state index contributed by atoms with van der Waals surface area (Å²) in [6, 6.07) is 14.8. The van der Waals surface area contributed by atoms with Gasteiger partial charge in [-0.1, -0.05) is 38.1 Å². The molecular formula is C21H25N3O3. The van der Waals surface area contributed by atoms with Crippen LogP contribution in [-0.2, 0) is 4.79 Å². The first kappa shape index (κ1) is 18.8. The van der Waals surface area contributed by atoms with Crippen molar-refractivity contribution < 1.29 is 14.3 Å². The summed E-state index contributed by atoms with van der Waals surface area (Å²) in [5, 5.41) is 7.47. The fourth-order valence-electron chi connectivity index (χ4n) is 3.29. The highest BCUT2D eigenvalue weighted by Gasteiger charge is 2.39. The number of carbonyl (C=O) groups excluding carboxylic acids is 1. The molecule has 0 saturated heterocycles. The third kappa shape index (κ3) is 3.89. The number of nitrogens with zero attached hydrogens (tertiary/aromatic N) is 1. The number of hydrogen-bond donors (Lipinski definition) is 2. The Kier molecular flexibility index (Phi) is 5.64. The second-order valence-corrected chi connectivity index (χ2v) is 6.75. The van der Waals surface area contributed by atoms with Gasteiger partial charge >= 0.3 is 0 Å². The number of nitrogens with one attached hydrogen (secondary N) is 2. The van der Waals surface area contributed by atoms with E-state index < -0.39 is 5.92 Å². The number of ether oxygens (including phenoxy) is 2. The molecular weight excluding hydrogens is 342 g/mol. The number of methoxy groups -OCH3 is 2. The van der Waals surface area contributed by atoms with Crippen molar-refractivity contribution >= 4 is 17.3 Å². The number of hydrazone groups is 1. The van der Waals surface area contributed by atoms with Gasteiger partial charge in [-0.15, -0.1) is 0 Å². The van der Waals surface area contributed by atoms with Crippen molar-refractivity contribution in [3.8, 4) is 11.5 Å². The number of rotatable bonds is 6. The molecule has 142 valence electrons. The van der Waals surface area contributed by atoms with Gasteiger partial charge in [0.25, 0.3) is 0 Å². The van der Waals surface area contributed by atoms with Gasteiger partial charge in [-0.3, -0.25) is 4.79 Å². The number of benzene rings is 2. The van der Waals surface area contributed by atoms with Crippen LogP contribution in [0.5, 0.6) is 11.5 Å². The van der Waals surface area contributed by atoms with Crippen molar-refractivity contribution in [2.45, 2.75) is 19.9 Å². The standard InChI is InChI=1S/C21H25N3O3/c1-13(2)19-18(21(25)22-15-8-6-5-7-9-15)20(24-23-19)14-10-11-16(26-3)17(12-14)27-4/h5-13,18,20,24H,1-4H3,(H,22,25). The third-order valence-corrected chi connectivity index (χ3v) is 4.67. The summed E-state index contributed by atoms with van der Waals surface area (Å²) in [6.45, 7) is 4.08. The topological polar surface area (TPSA) is 72.0 Å². The molecule has 0 radical (unpaired) electrons. The predicted molar refractivity (Wildman–Crippen MR) is 106 cm³/mol. The van der Waals surface area contributed by atoms with Gasteiger partial charge in [-0.05, 0) is 35.7 Å². The molecule has 0 aliphatic carbocycles. The summed E-state index contributed by atoms with van der Waals surface area (Å²) in [6.07, 6.45) is 0. The Bertz CT molecular complexity index is 834. The molecule has 0 spiro atoms. The largest absolute Gasteiger partial charge is 0.493 e. The van der Waals surface area contributed by atoms with Gasteiger partial charge in [-0.2, -0.15) is 5.10 Å². The van der Waals surface area contributed by atoms with E-state index in [0.717, 1.165) is 17.0 Å². The van der Waals surface area contributed by atoms with E-state index in [1.807, 2.05) is 62.4 Å². The average molecular weight is 367 g/mol.